The van der Waals surface area contributed by atoms with Gasteiger partial charge in [0.1, 0.15) is 0 Å². The second kappa shape index (κ2) is 9.66. The summed E-state index contributed by atoms with van der Waals surface area (Å²) in [6.07, 6.45) is 0. The summed E-state index contributed by atoms with van der Waals surface area (Å²) in [5.74, 6) is 0. The predicted octanol–water partition coefficient (Wildman–Crippen LogP) is 12.5. The molecule has 1 aromatic heterocycles. The summed E-state index contributed by atoms with van der Waals surface area (Å²) >= 11 is 1.90. The van der Waals surface area contributed by atoms with Crippen LogP contribution in [0.2, 0.25) is 0 Å². The Kier molecular flexibility index (Phi) is 5.47. The van der Waals surface area contributed by atoms with Crippen LogP contribution in [0.15, 0.2) is 158 Å². The molecule has 0 aliphatic heterocycles. The molecule has 1 heterocycles. The smallest absolute Gasteiger partial charge is 0.0434 e. The molecule has 0 unspecified atom stereocenters. The van der Waals surface area contributed by atoms with Crippen LogP contribution < -0.4 is 0 Å². The molecule has 0 spiro atoms. The zero-order chi connectivity index (χ0) is 28.3. The third-order valence-corrected chi connectivity index (χ3v) is 10.1. The van der Waals surface area contributed by atoms with E-state index in [1.165, 1.54) is 85.9 Å². The summed E-state index contributed by atoms with van der Waals surface area (Å²) < 4.78 is 2.68. The van der Waals surface area contributed by atoms with Crippen LogP contribution in [0.25, 0.3) is 85.9 Å². The first-order valence-corrected chi connectivity index (χ1v) is 15.6. The van der Waals surface area contributed by atoms with Crippen molar-refractivity contribution >= 4 is 63.8 Å². The Morgan fingerprint density at radius 1 is 0.326 bits per heavy atom. The number of hydrogen-bond acceptors (Lipinski definition) is 1. The summed E-state index contributed by atoms with van der Waals surface area (Å²) in [6, 6.07) is 57.9. The molecule has 200 valence electrons. The maximum atomic E-state index is 2.44. The first kappa shape index (κ1) is 24.4. The molecule has 1 heteroatoms. The molecule has 0 aliphatic carbocycles. The van der Waals surface area contributed by atoms with E-state index in [1.54, 1.807) is 0 Å². The van der Waals surface area contributed by atoms with Gasteiger partial charge < -0.3 is 0 Å². The molecule has 0 saturated heterocycles. The standard InChI is InChI=1S/C42H26S/c1-2-13-27(14-3-1)40-32-18-6-8-20-34(32)41(35-21-9-7-19-33(35)40)29-25-28-15-4-5-16-30(28)38(26-29)37-23-12-22-36-31-17-10-11-24-39(31)43-42(36)37/h1-26H. The van der Waals surface area contributed by atoms with Crippen molar-refractivity contribution in [3.05, 3.63) is 158 Å². The van der Waals surface area contributed by atoms with Crippen LogP contribution in [0.1, 0.15) is 0 Å². The van der Waals surface area contributed by atoms with E-state index in [0.29, 0.717) is 0 Å². The van der Waals surface area contributed by atoms with E-state index < -0.39 is 0 Å². The predicted molar refractivity (Wildman–Crippen MR) is 188 cm³/mol. The fraction of sp³-hybridized carbons (Fsp3) is 0. The zero-order valence-electron chi connectivity index (χ0n) is 23.4. The maximum Gasteiger partial charge on any atom is 0.0434 e. The molecule has 0 fully saturated rings. The minimum absolute atomic E-state index is 1.25. The first-order chi connectivity index (χ1) is 21.3. The molecule has 0 amide bonds. The number of rotatable bonds is 3. The van der Waals surface area contributed by atoms with Crippen LogP contribution in [0, 0.1) is 0 Å². The van der Waals surface area contributed by atoms with Gasteiger partial charge in [-0.3, -0.25) is 0 Å². The van der Waals surface area contributed by atoms with Gasteiger partial charge in [-0.2, -0.15) is 0 Å². The van der Waals surface area contributed by atoms with E-state index in [-0.39, 0.29) is 0 Å². The van der Waals surface area contributed by atoms with Gasteiger partial charge in [-0.05, 0) is 78.3 Å². The average molecular weight is 563 g/mol. The summed E-state index contributed by atoms with van der Waals surface area (Å²) in [6.45, 7) is 0. The minimum atomic E-state index is 1.25. The van der Waals surface area contributed by atoms with Crippen molar-refractivity contribution < 1.29 is 0 Å². The van der Waals surface area contributed by atoms with E-state index in [1.807, 2.05) is 11.3 Å². The van der Waals surface area contributed by atoms with Gasteiger partial charge >= 0.3 is 0 Å². The van der Waals surface area contributed by atoms with Crippen LogP contribution in [0.4, 0.5) is 0 Å². The highest BCUT2D eigenvalue weighted by atomic mass is 32.1. The van der Waals surface area contributed by atoms with Crippen LogP contribution >= 0.6 is 11.3 Å². The molecule has 43 heavy (non-hydrogen) atoms. The van der Waals surface area contributed by atoms with Crippen LogP contribution in [0.3, 0.4) is 0 Å². The molecule has 0 N–H and O–H groups in total. The van der Waals surface area contributed by atoms with Crippen molar-refractivity contribution in [2.75, 3.05) is 0 Å². The van der Waals surface area contributed by atoms with Crippen molar-refractivity contribution in [3.63, 3.8) is 0 Å². The zero-order valence-corrected chi connectivity index (χ0v) is 24.2. The van der Waals surface area contributed by atoms with E-state index in [9.17, 15) is 0 Å². The van der Waals surface area contributed by atoms with Crippen LogP contribution in [-0.4, -0.2) is 0 Å². The lowest BCUT2D eigenvalue weighted by Crippen LogP contribution is -1.92. The second-order valence-electron chi connectivity index (χ2n) is 11.2. The lowest BCUT2D eigenvalue weighted by molar-refractivity contribution is 1.66. The topological polar surface area (TPSA) is 0 Å². The molecular formula is C42H26S. The largest absolute Gasteiger partial charge is 0.135 e. The van der Waals surface area contributed by atoms with Gasteiger partial charge in [0.2, 0.25) is 0 Å². The Morgan fingerprint density at radius 2 is 0.860 bits per heavy atom. The van der Waals surface area contributed by atoms with Crippen molar-refractivity contribution in [2.24, 2.45) is 0 Å². The molecule has 9 rings (SSSR count). The number of fused-ring (bicyclic) bond motifs is 6. The maximum absolute atomic E-state index is 2.44. The Morgan fingerprint density at radius 3 is 1.56 bits per heavy atom. The second-order valence-corrected chi connectivity index (χ2v) is 12.3. The Bertz CT molecular complexity index is 2440. The lowest BCUT2D eigenvalue weighted by atomic mass is 9.84. The van der Waals surface area contributed by atoms with E-state index in [0.717, 1.165) is 0 Å². The highest BCUT2D eigenvalue weighted by Gasteiger charge is 2.19. The molecule has 8 aromatic carbocycles. The third kappa shape index (κ3) is 3.75. The van der Waals surface area contributed by atoms with Crippen molar-refractivity contribution in [3.8, 4) is 33.4 Å². The van der Waals surface area contributed by atoms with Crippen molar-refractivity contribution in [1.82, 2.24) is 0 Å². The number of thiophene rings is 1. The summed E-state index contributed by atoms with van der Waals surface area (Å²) in [4.78, 5) is 0. The van der Waals surface area contributed by atoms with Gasteiger partial charge in [-0.15, -0.1) is 11.3 Å². The Labute approximate surface area is 254 Å². The fourth-order valence-electron chi connectivity index (χ4n) is 6.99. The minimum Gasteiger partial charge on any atom is -0.135 e. The molecular weight excluding hydrogens is 537 g/mol. The molecule has 0 nitrogen and oxygen atoms in total. The van der Waals surface area contributed by atoms with Crippen molar-refractivity contribution in [1.29, 1.82) is 0 Å². The highest BCUT2D eigenvalue weighted by molar-refractivity contribution is 7.26. The summed E-state index contributed by atoms with van der Waals surface area (Å²) in [7, 11) is 0. The van der Waals surface area contributed by atoms with Gasteiger partial charge in [0.25, 0.3) is 0 Å². The van der Waals surface area contributed by atoms with Crippen LogP contribution in [-0.2, 0) is 0 Å². The molecule has 0 saturated carbocycles. The third-order valence-electron chi connectivity index (χ3n) is 8.84. The highest BCUT2D eigenvalue weighted by Crippen LogP contribution is 2.47. The Balaban J connectivity index is 1.41. The van der Waals surface area contributed by atoms with E-state index >= 15 is 0 Å². The van der Waals surface area contributed by atoms with Crippen molar-refractivity contribution in [2.45, 2.75) is 0 Å². The average Bonchev–Trinajstić information content (AvgIpc) is 3.46. The van der Waals surface area contributed by atoms with Gasteiger partial charge in [-0.25, -0.2) is 0 Å². The summed E-state index contributed by atoms with van der Waals surface area (Å²) in [5, 5.41) is 10.3. The van der Waals surface area contributed by atoms with Crippen LogP contribution in [0.5, 0.6) is 0 Å². The van der Waals surface area contributed by atoms with Gasteiger partial charge in [0.15, 0.2) is 0 Å². The first-order valence-electron chi connectivity index (χ1n) is 14.8. The molecule has 0 bridgehead atoms. The summed E-state index contributed by atoms with van der Waals surface area (Å²) in [5.41, 5.74) is 7.67. The van der Waals surface area contributed by atoms with Gasteiger partial charge in [0.05, 0.1) is 0 Å². The molecule has 9 aromatic rings. The van der Waals surface area contributed by atoms with Gasteiger partial charge in [-0.1, -0.05) is 140 Å². The normalized spacial score (nSPS) is 11.7. The fourth-order valence-corrected chi connectivity index (χ4v) is 8.22. The number of hydrogen-bond donors (Lipinski definition) is 0. The van der Waals surface area contributed by atoms with Gasteiger partial charge in [0, 0.05) is 25.7 Å². The molecule has 0 atom stereocenters. The monoisotopic (exact) mass is 562 g/mol. The SMILES string of the molecule is c1ccc(-c2c3ccccc3c(-c3cc(-c4cccc5c4sc4ccccc45)c4ccccc4c3)c3ccccc23)cc1. The molecule has 0 aliphatic rings. The Hall–Kier alpha value is -5.24. The molecule has 0 radical (unpaired) electrons. The quantitative estimate of drug-likeness (QED) is 0.188. The number of benzene rings is 8. The van der Waals surface area contributed by atoms with E-state index in [4.69, 9.17) is 0 Å². The van der Waals surface area contributed by atoms with E-state index in [2.05, 4.69) is 158 Å². The lowest BCUT2D eigenvalue weighted by Gasteiger charge is -2.19.